The summed E-state index contributed by atoms with van der Waals surface area (Å²) in [6, 6.07) is 0.156. The fourth-order valence-electron chi connectivity index (χ4n) is 4.91. The Labute approximate surface area is 174 Å². The minimum atomic E-state index is -0.249. The highest BCUT2D eigenvalue weighted by Gasteiger charge is 2.42. The monoisotopic (exact) mass is 413 g/mol. The van der Waals surface area contributed by atoms with Crippen LogP contribution in [0.4, 0.5) is 0 Å². The van der Waals surface area contributed by atoms with E-state index in [9.17, 15) is 14.4 Å². The minimum Gasteiger partial charge on any atom is -0.355 e. The van der Waals surface area contributed by atoms with Gasteiger partial charge in [-0.05, 0) is 44.9 Å². The molecule has 0 bridgehead atoms. The van der Waals surface area contributed by atoms with Gasteiger partial charge < -0.3 is 15.5 Å². The van der Waals surface area contributed by atoms with Crippen molar-refractivity contribution in [1.29, 1.82) is 0 Å². The quantitative estimate of drug-likeness (QED) is 0.657. The molecular weight excluding hydrogens is 378 g/mol. The van der Waals surface area contributed by atoms with Crippen LogP contribution in [0.25, 0.3) is 0 Å². The molecule has 7 atom stereocenters. The molecule has 1 aliphatic carbocycles. The Kier molecular flexibility index (Phi) is 8.17. The summed E-state index contributed by atoms with van der Waals surface area (Å²) in [7, 11) is 0. The number of halogens is 1. The van der Waals surface area contributed by atoms with Crippen LogP contribution in [0.1, 0.15) is 60.3 Å². The maximum atomic E-state index is 13.0. The molecule has 3 amide bonds. The van der Waals surface area contributed by atoms with Crippen molar-refractivity contribution in [3.8, 4) is 0 Å². The Bertz CT molecular complexity index is 585. The summed E-state index contributed by atoms with van der Waals surface area (Å²) >= 11 is 6.49. The molecule has 0 aromatic rings. The first-order valence-corrected chi connectivity index (χ1v) is 11.1. The molecule has 2 aliphatic rings. The van der Waals surface area contributed by atoms with Gasteiger partial charge in [0, 0.05) is 42.9 Å². The number of carbonyl (C=O) groups excluding carboxylic acids is 3. The molecule has 28 heavy (non-hydrogen) atoms. The van der Waals surface area contributed by atoms with Gasteiger partial charge in [-0.15, -0.1) is 11.6 Å². The number of rotatable bonds is 6. The molecule has 160 valence electrons. The lowest BCUT2D eigenvalue weighted by Gasteiger charge is -2.43. The minimum absolute atomic E-state index is 0.0158. The summed E-state index contributed by atoms with van der Waals surface area (Å²) in [5.74, 6) is -0.118. The van der Waals surface area contributed by atoms with Gasteiger partial charge in [0.05, 0.1) is 5.92 Å². The first-order valence-electron chi connectivity index (χ1n) is 10.7. The van der Waals surface area contributed by atoms with Crippen molar-refractivity contribution >= 4 is 29.3 Å². The third kappa shape index (κ3) is 5.19. The van der Waals surface area contributed by atoms with Gasteiger partial charge in [-0.3, -0.25) is 14.4 Å². The predicted molar refractivity (Wildman–Crippen MR) is 111 cm³/mol. The lowest BCUT2D eigenvalue weighted by molar-refractivity contribution is -0.139. The maximum Gasteiger partial charge on any atom is 0.225 e. The van der Waals surface area contributed by atoms with Crippen molar-refractivity contribution in [2.75, 3.05) is 13.1 Å². The van der Waals surface area contributed by atoms with Crippen molar-refractivity contribution in [2.24, 2.45) is 23.7 Å². The zero-order chi connectivity index (χ0) is 21.0. The molecule has 1 saturated heterocycles. The Morgan fingerprint density at radius 3 is 2.43 bits per heavy atom. The summed E-state index contributed by atoms with van der Waals surface area (Å²) in [5.41, 5.74) is 0. The summed E-state index contributed by atoms with van der Waals surface area (Å²) in [6.45, 7) is 10.9. The van der Waals surface area contributed by atoms with Crippen LogP contribution in [-0.4, -0.2) is 53.2 Å². The summed E-state index contributed by atoms with van der Waals surface area (Å²) in [6.07, 6.45) is 2.69. The van der Waals surface area contributed by atoms with Crippen LogP contribution in [0.15, 0.2) is 0 Å². The van der Waals surface area contributed by atoms with Crippen molar-refractivity contribution < 1.29 is 14.4 Å². The molecule has 2 N–H and O–H groups in total. The lowest BCUT2D eigenvalue weighted by Crippen LogP contribution is -2.54. The third-order valence-electron chi connectivity index (χ3n) is 6.58. The predicted octanol–water partition coefficient (Wildman–Crippen LogP) is 2.54. The number of amides is 3. The van der Waals surface area contributed by atoms with Gasteiger partial charge in [0.15, 0.2) is 0 Å². The molecule has 7 heteroatoms. The molecule has 0 aromatic carbocycles. The normalized spacial score (nSPS) is 35.8. The first kappa shape index (κ1) is 23.0. The Morgan fingerprint density at radius 2 is 1.86 bits per heavy atom. The van der Waals surface area contributed by atoms with Gasteiger partial charge >= 0.3 is 0 Å². The molecule has 1 heterocycles. The van der Waals surface area contributed by atoms with E-state index in [0.29, 0.717) is 32.4 Å². The van der Waals surface area contributed by atoms with Crippen molar-refractivity contribution in [3.63, 3.8) is 0 Å². The number of alkyl halides is 1. The molecule has 0 spiro atoms. The molecule has 0 radical (unpaired) electrons. The second-order valence-corrected chi connectivity index (χ2v) is 9.23. The number of piperidine rings is 1. The van der Waals surface area contributed by atoms with E-state index >= 15 is 0 Å². The molecule has 1 saturated carbocycles. The fourth-order valence-corrected chi connectivity index (χ4v) is 5.29. The average molecular weight is 414 g/mol. The van der Waals surface area contributed by atoms with Gasteiger partial charge in [-0.2, -0.15) is 0 Å². The average Bonchev–Trinajstić information content (AvgIpc) is 2.63. The Balaban J connectivity index is 2.03. The Hall–Kier alpha value is -1.30. The molecular formula is C21H36ClN3O3. The molecule has 6 unspecified atom stereocenters. The summed E-state index contributed by atoms with van der Waals surface area (Å²) in [4.78, 5) is 39.5. The molecule has 2 rings (SSSR count). The molecule has 6 nitrogen and oxygen atoms in total. The fraction of sp³-hybridized carbons (Fsp3) is 0.857. The topological polar surface area (TPSA) is 78.5 Å². The van der Waals surface area contributed by atoms with E-state index < -0.39 is 0 Å². The highest BCUT2D eigenvalue weighted by Crippen LogP contribution is 2.36. The van der Waals surface area contributed by atoms with Gasteiger partial charge in [0.1, 0.15) is 0 Å². The zero-order valence-electron chi connectivity index (χ0n) is 17.8. The van der Waals surface area contributed by atoms with Crippen LogP contribution in [0.2, 0.25) is 0 Å². The molecule has 2 fully saturated rings. The van der Waals surface area contributed by atoms with E-state index in [1.165, 1.54) is 0 Å². The van der Waals surface area contributed by atoms with Crippen LogP contribution in [0.3, 0.4) is 0 Å². The van der Waals surface area contributed by atoms with E-state index in [2.05, 4.69) is 17.6 Å². The second-order valence-electron chi connectivity index (χ2n) is 8.61. The second kappa shape index (κ2) is 9.95. The first-order chi connectivity index (χ1) is 13.2. The van der Waals surface area contributed by atoms with E-state index in [-0.39, 0.29) is 58.9 Å². The van der Waals surface area contributed by atoms with Crippen molar-refractivity contribution in [2.45, 2.75) is 77.8 Å². The van der Waals surface area contributed by atoms with Crippen LogP contribution < -0.4 is 10.6 Å². The van der Waals surface area contributed by atoms with E-state index in [4.69, 9.17) is 11.6 Å². The number of carbonyl (C=O) groups is 3. The zero-order valence-corrected chi connectivity index (χ0v) is 18.6. The van der Waals surface area contributed by atoms with E-state index in [0.717, 1.165) is 6.42 Å². The summed E-state index contributed by atoms with van der Waals surface area (Å²) in [5, 5.41) is 5.85. The number of hydrogen-bond donors (Lipinski definition) is 2. The SMILES string of the molecule is CCC(=O)N(CC)C1CC(Cl)CC(C(=O)NCC2C(=O)NC(C)CC2C)[C@@H]1C. The van der Waals surface area contributed by atoms with Crippen LogP contribution >= 0.6 is 11.6 Å². The van der Waals surface area contributed by atoms with Gasteiger partial charge in [0.25, 0.3) is 0 Å². The van der Waals surface area contributed by atoms with Gasteiger partial charge in [-0.25, -0.2) is 0 Å². The van der Waals surface area contributed by atoms with Crippen molar-refractivity contribution in [3.05, 3.63) is 0 Å². The standard InChI is InChI=1S/C21H36ClN3O3/c1-6-19(26)25(7-2)18-10-15(22)9-16(14(18)5)20(27)23-11-17-12(3)8-13(4)24-21(17)28/h12-18H,6-11H2,1-5H3,(H,23,27)(H,24,28)/t12?,13?,14-,15?,16?,17?,18?/m0/s1. The summed E-state index contributed by atoms with van der Waals surface area (Å²) < 4.78 is 0. The van der Waals surface area contributed by atoms with Crippen LogP contribution in [-0.2, 0) is 14.4 Å². The number of hydrogen-bond acceptors (Lipinski definition) is 3. The van der Waals surface area contributed by atoms with Gasteiger partial charge in [0.2, 0.25) is 17.7 Å². The third-order valence-corrected chi connectivity index (χ3v) is 6.94. The van der Waals surface area contributed by atoms with E-state index in [1.54, 1.807) is 0 Å². The van der Waals surface area contributed by atoms with Crippen LogP contribution in [0, 0.1) is 23.7 Å². The van der Waals surface area contributed by atoms with E-state index in [1.807, 2.05) is 32.6 Å². The number of nitrogens with zero attached hydrogens (tertiary/aromatic N) is 1. The molecule has 1 aliphatic heterocycles. The maximum absolute atomic E-state index is 13.0. The van der Waals surface area contributed by atoms with Gasteiger partial charge in [-0.1, -0.05) is 20.8 Å². The van der Waals surface area contributed by atoms with Crippen LogP contribution in [0.5, 0.6) is 0 Å². The smallest absolute Gasteiger partial charge is 0.225 e. The Morgan fingerprint density at radius 1 is 1.18 bits per heavy atom. The highest BCUT2D eigenvalue weighted by molar-refractivity contribution is 6.20. The highest BCUT2D eigenvalue weighted by atomic mass is 35.5. The number of nitrogens with one attached hydrogen (secondary N) is 2. The van der Waals surface area contributed by atoms with Crippen molar-refractivity contribution in [1.82, 2.24) is 15.5 Å². The molecule has 0 aromatic heterocycles. The lowest BCUT2D eigenvalue weighted by atomic mass is 9.75. The largest absolute Gasteiger partial charge is 0.355 e.